The summed E-state index contributed by atoms with van der Waals surface area (Å²) in [5.41, 5.74) is 3.63. The predicted octanol–water partition coefficient (Wildman–Crippen LogP) is 2.95. The van der Waals surface area contributed by atoms with E-state index in [1.165, 1.54) is 0 Å². The summed E-state index contributed by atoms with van der Waals surface area (Å²) in [6, 6.07) is 5.44. The van der Waals surface area contributed by atoms with Crippen molar-refractivity contribution in [2.75, 3.05) is 0 Å². The Labute approximate surface area is 136 Å². The lowest BCUT2D eigenvalue weighted by Gasteiger charge is -2.39. The molecule has 0 spiro atoms. The molecule has 0 aromatic heterocycles. The summed E-state index contributed by atoms with van der Waals surface area (Å²) < 4.78 is 6.12. The monoisotopic (exact) mass is 325 g/mol. The first-order valence-corrected chi connectivity index (χ1v) is 7.75. The standard InChI is InChI=1S/C16H24ClN3O2/c1-10-8-12(17)6-7-13(10)22-15(14(21)16(3,4)5)20-11(2)18-9-19-20/h6-9,11,14-15,21H,1-5H3,(H,18,19). The number of aliphatic hydroxyl groups is 1. The Morgan fingerprint density at radius 1 is 1.41 bits per heavy atom. The zero-order valence-corrected chi connectivity index (χ0v) is 14.4. The van der Waals surface area contributed by atoms with Gasteiger partial charge in [0.25, 0.3) is 0 Å². The summed E-state index contributed by atoms with van der Waals surface area (Å²) >= 11 is 5.99. The fourth-order valence-corrected chi connectivity index (χ4v) is 2.48. The van der Waals surface area contributed by atoms with E-state index < -0.39 is 12.3 Å². The number of hydrogen-bond acceptors (Lipinski definition) is 5. The van der Waals surface area contributed by atoms with Gasteiger partial charge < -0.3 is 15.3 Å². The first-order chi connectivity index (χ1) is 10.2. The Kier molecular flexibility index (Phi) is 5.00. The maximum absolute atomic E-state index is 10.7. The second-order valence-corrected chi connectivity index (χ2v) is 7.11. The first-order valence-electron chi connectivity index (χ1n) is 7.37. The number of nitrogens with one attached hydrogen (secondary N) is 1. The van der Waals surface area contributed by atoms with Crippen LogP contribution in [0.5, 0.6) is 5.75 Å². The minimum atomic E-state index is -0.709. The maximum Gasteiger partial charge on any atom is 0.197 e. The maximum atomic E-state index is 10.7. The van der Waals surface area contributed by atoms with Gasteiger partial charge in [-0.15, -0.1) is 0 Å². The van der Waals surface area contributed by atoms with Crippen LogP contribution in [0, 0.1) is 12.3 Å². The van der Waals surface area contributed by atoms with E-state index in [2.05, 4.69) is 10.4 Å². The Bertz CT molecular complexity index is 555. The minimum Gasteiger partial charge on any atom is -0.470 e. The van der Waals surface area contributed by atoms with Crippen molar-refractivity contribution in [1.29, 1.82) is 0 Å². The van der Waals surface area contributed by atoms with E-state index in [1.807, 2.05) is 51.8 Å². The highest BCUT2D eigenvalue weighted by atomic mass is 35.5. The number of rotatable bonds is 4. The van der Waals surface area contributed by atoms with Gasteiger partial charge >= 0.3 is 0 Å². The van der Waals surface area contributed by atoms with Gasteiger partial charge in [0.15, 0.2) is 6.23 Å². The van der Waals surface area contributed by atoms with Crippen LogP contribution in [0.1, 0.15) is 33.3 Å². The quantitative estimate of drug-likeness (QED) is 0.893. The molecule has 2 N–H and O–H groups in total. The van der Waals surface area contributed by atoms with E-state index in [4.69, 9.17) is 16.3 Å². The van der Waals surface area contributed by atoms with Crippen LogP contribution >= 0.6 is 11.6 Å². The molecule has 0 amide bonds. The first kappa shape index (κ1) is 17.1. The van der Waals surface area contributed by atoms with E-state index in [9.17, 15) is 5.11 Å². The molecule has 3 unspecified atom stereocenters. The van der Waals surface area contributed by atoms with Gasteiger partial charge in [-0.3, -0.25) is 4.99 Å². The SMILES string of the molecule is Cc1cc(Cl)ccc1OC(C(O)C(C)(C)C)N1NC=NC1C. The summed E-state index contributed by atoms with van der Waals surface area (Å²) in [6.45, 7) is 9.80. The number of aliphatic hydroxyl groups excluding tert-OH is 1. The van der Waals surface area contributed by atoms with Crippen molar-refractivity contribution in [2.45, 2.75) is 53.1 Å². The fourth-order valence-electron chi connectivity index (χ4n) is 2.25. The van der Waals surface area contributed by atoms with Crippen molar-refractivity contribution in [2.24, 2.45) is 10.4 Å². The van der Waals surface area contributed by atoms with Gasteiger partial charge in [-0.1, -0.05) is 32.4 Å². The third-order valence-corrected chi connectivity index (χ3v) is 3.95. The fraction of sp³-hybridized carbons (Fsp3) is 0.562. The Morgan fingerprint density at radius 2 is 2.09 bits per heavy atom. The summed E-state index contributed by atoms with van der Waals surface area (Å²) in [7, 11) is 0. The molecule has 6 heteroatoms. The van der Waals surface area contributed by atoms with Crippen LogP contribution in [-0.4, -0.2) is 35.0 Å². The second kappa shape index (κ2) is 6.44. The molecule has 0 bridgehead atoms. The smallest absolute Gasteiger partial charge is 0.197 e. The Morgan fingerprint density at radius 3 is 2.59 bits per heavy atom. The van der Waals surface area contributed by atoms with Crippen LogP contribution in [0.4, 0.5) is 0 Å². The van der Waals surface area contributed by atoms with Crippen LogP contribution in [0.25, 0.3) is 0 Å². The van der Waals surface area contributed by atoms with E-state index in [0.717, 1.165) is 5.56 Å². The molecule has 0 radical (unpaired) electrons. The van der Waals surface area contributed by atoms with Crippen LogP contribution in [0.2, 0.25) is 5.02 Å². The van der Waals surface area contributed by atoms with Gasteiger partial charge in [0, 0.05) is 5.02 Å². The second-order valence-electron chi connectivity index (χ2n) is 6.68. The summed E-state index contributed by atoms with van der Waals surface area (Å²) in [5.74, 6) is 0.693. The largest absolute Gasteiger partial charge is 0.470 e. The predicted molar refractivity (Wildman–Crippen MR) is 89.0 cm³/mol. The molecule has 1 aliphatic rings. The summed E-state index contributed by atoms with van der Waals surface area (Å²) in [4.78, 5) is 4.26. The zero-order valence-electron chi connectivity index (χ0n) is 13.7. The molecule has 0 fully saturated rings. The number of benzene rings is 1. The average Bonchev–Trinajstić information content (AvgIpc) is 2.82. The topological polar surface area (TPSA) is 57.1 Å². The van der Waals surface area contributed by atoms with Gasteiger partial charge in [-0.2, -0.15) is 5.01 Å². The molecule has 0 aliphatic carbocycles. The zero-order chi connectivity index (χ0) is 16.5. The highest BCUT2D eigenvalue weighted by Crippen LogP contribution is 2.30. The molecule has 1 heterocycles. The van der Waals surface area contributed by atoms with Gasteiger partial charge in [0.1, 0.15) is 18.0 Å². The number of ether oxygens (including phenoxy) is 1. The van der Waals surface area contributed by atoms with Gasteiger partial charge in [-0.25, -0.2) is 0 Å². The van der Waals surface area contributed by atoms with Crippen molar-refractivity contribution in [3.63, 3.8) is 0 Å². The lowest BCUT2D eigenvalue weighted by atomic mass is 9.87. The minimum absolute atomic E-state index is 0.116. The summed E-state index contributed by atoms with van der Waals surface area (Å²) in [6.07, 6.45) is 0.219. The molecule has 0 saturated heterocycles. The number of nitrogens with zero attached hydrogens (tertiary/aromatic N) is 2. The lowest BCUT2D eigenvalue weighted by molar-refractivity contribution is -0.125. The molecule has 1 aromatic rings. The normalized spacial score (nSPS) is 21.5. The van der Waals surface area contributed by atoms with E-state index in [1.54, 1.807) is 12.4 Å². The van der Waals surface area contributed by atoms with Crippen molar-refractivity contribution in [3.8, 4) is 5.75 Å². The van der Waals surface area contributed by atoms with Gasteiger partial charge in [0.2, 0.25) is 0 Å². The van der Waals surface area contributed by atoms with Gasteiger partial charge in [0.05, 0.1) is 6.34 Å². The molecule has 3 atom stereocenters. The molecular formula is C16H24ClN3O2. The van der Waals surface area contributed by atoms with Crippen LogP contribution in [0.3, 0.4) is 0 Å². The van der Waals surface area contributed by atoms with Crippen LogP contribution < -0.4 is 10.2 Å². The van der Waals surface area contributed by atoms with E-state index >= 15 is 0 Å². The number of aliphatic imine (C=N–C) groups is 1. The molecule has 1 aliphatic heterocycles. The lowest BCUT2D eigenvalue weighted by Crippen LogP contribution is -2.57. The molecule has 5 nitrogen and oxygen atoms in total. The number of halogens is 1. The number of aryl methyl sites for hydroxylation is 1. The van der Waals surface area contributed by atoms with E-state index in [-0.39, 0.29) is 11.6 Å². The highest BCUT2D eigenvalue weighted by molar-refractivity contribution is 6.30. The summed E-state index contributed by atoms with van der Waals surface area (Å²) in [5, 5.41) is 13.2. The van der Waals surface area contributed by atoms with Crippen molar-refractivity contribution < 1.29 is 9.84 Å². The molecule has 0 saturated carbocycles. The van der Waals surface area contributed by atoms with Crippen LogP contribution in [0.15, 0.2) is 23.2 Å². The van der Waals surface area contributed by atoms with Crippen molar-refractivity contribution in [3.05, 3.63) is 28.8 Å². The van der Waals surface area contributed by atoms with Gasteiger partial charge in [-0.05, 0) is 43.0 Å². The Hall–Kier alpha value is -1.30. The van der Waals surface area contributed by atoms with Crippen LogP contribution in [-0.2, 0) is 0 Å². The van der Waals surface area contributed by atoms with Crippen molar-refractivity contribution >= 4 is 17.9 Å². The van der Waals surface area contributed by atoms with Crippen molar-refractivity contribution in [1.82, 2.24) is 10.4 Å². The molecule has 2 rings (SSSR count). The average molecular weight is 326 g/mol. The molecule has 122 valence electrons. The third kappa shape index (κ3) is 3.72. The molecule has 22 heavy (non-hydrogen) atoms. The molecular weight excluding hydrogens is 302 g/mol. The number of hydrogen-bond donors (Lipinski definition) is 2. The van der Waals surface area contributed by atoms with E-state index in [0.29, 0.717) is 10.8 Å². The number of hydrazine groups is 1. The third-order valence-electron chi connectivity index (χ3n) is 3.72. The highest BCUT2D eigenvalue weighted by Gasteiger charge is 2.39. The molecule has 1 aromatic carbocycles. The Balaban J connectivity index is 2.28.